The van der Waals surface area contributed by atoms with E-state index < -0.39 is 24.3 Å². The number of carboxylic acid groups (broad SMARTS) is 1. The van der Waals surface area contributed by atoms with Gasteiger partial charge in [0.15, 0.2) is 0 Å². The van der Waals surface area contributed by atoms with Gasteiger partial charge in [-0.05, 0) is 32.1 Å². The summed E-state index contributed by atoms with van der Waals surface area (Å²) in [5.74, 6) is -1.37. The van der Waals surface area contributed by atoms with Gasteiger partial charge < -0.3 is 14.9 Å². The number of aliphatic carboxylic acids is 1. The second kappa shape index (κ2) is 18.2. The van der Waals surface area contributed by atoms with Crippen LogP contribution < -0.4 is 0 Å². The number of esters is 1. The second-order valence-electron chi connectivity index (χ2n) is 9.52. The number of hydrogen-bond acceptors (Lipinski definition) is 4. The zero-order valence-corrected chi connectivity index (χ0v) is 20.5. The lowest BCUT2D eigenvalue weighted by atomic mass is 10.1. The number of allylic oxidation sites excluding steroid dienone is 2. The van der Waals surface area contributed by atoms with Gasteiger partial charge in [0.05, 0.1) is 40.1 Å². The summed E-state index contributed by atoms with van der Waals surface area (Å²) < 4.78 is 5.79. The van der Waals surface area contributed by atoms with Crippen molar-refractivity contribution in [2.75, 3.05) is 21.1 Å². The lowest BCUT2D eigenvalue weighted by molar-refractivity contribution is -0.917. The number of ether oxygens (including phenoxy) is 1. The number of nitrogens with zero attached hydrogens (tertiary/aromatic N) is 1. The first-order chi connectivity index (χ1) is 14.7. The van der Waals surface area contributed by atoms with E-state index in [0.29, 0.717) is 10.9 Å². The molecule has 0 aromatic heterocycles. The highest BCUT2D eigenvalue weighted by Crippen LogP contribution is 2.15. The minimum atomic E-state index is -0.910. The standard InChI is InChI=1S/C25H47NO5/c1-5-6-7-8-9-10-11-12-13-14-15-16-17-18-22(27)21-25(30)31-23(26(2,3)4)19-20-24(28)29/h12-13,22-23,27H,5-11,14-21H2,1-4H3/p+1/b13-12-/t22?,23-/m0/s1. The molecule has 0 bridgehead atoms. The number of rotatable bonds is 20. The lowest BCUT2D eigenvalue weighted by Gasteiger charge is -2.33. The van der Waals surface area contributed by atoms with Gasteiger partial charge >= 0.3 is 11.9 Å². The highest BCUT2D eigenvalue weighted by molar-refractivity contribution is 5.70. The van der Waals surface area contributed by atoms with Gasteiger partial charge in [-0.3, -0.25) is 14.1 Å². The second-order valence-corrected chi connectivity index (χ2v) is 9.52. The first kappa shape index (κ1) is 29.6. The Morgan fingerprint density at radius 3 is 1.97 bits per heavy atom. The summed E-state index contributed by atoms with van der Waals surface area (Å²) in [4.78, 5) is 22.9. The first-order valence-corrected chi connectivity index (χ1v) is 12.2. The molecule has 0 heterocycles. The van der Waals surface area contributed by atoms with E-state index in [1.54, 1.807) is 0 Å². The van der Waals surface area contributed by atoms with Gasteiger partial charge in [-0.1, -0.05) is 64.0 Å². The molecule has 0 aromatic rings. The Bertz CT molecular complexity index is 499. The Morgan fingerprint density at radius 1 is 0.871 bits per heavy atom. The molecule has 0 amide bonds. The van der Waals surface area contributed by atoms with Crippen LogP contribution in [-0.4, -0.2) is 60.1 Å². The number of carbonyl (C=O) groups is 2. The van der Waals surface area contributed by atoms with Crippen LogP contribution in [0, 0.1) is 0 Å². The van der Waals surface area contributed by atoms with Crippen LogP contribution in [0.3, 0.4) is 0 Å². The van der Waals surface area contributed by atoms with Crippen molar-refractivity contribution >= 4 is 11.9 Å². The summed E-state index contributed by atoms with van der Waals surface area (Å²) in [6, 6.07) is 0. The quantitative estimate of drug-likeness (QED) is 0.0863. The molecular formula is C25H48NO5+. The Balaban J connectivity index is 3.83. The van der Waals surface area contributed by atoms with Crippen molar-refractivity contribution in [3.8, 4) is 0 Å². The fourth-order valence-electron chi connectivity index (χ4n) is 3.44. The van der Waals surface area contributed by atoms with E-state index in [1.807, 2.05) is 21.1 Å². The fraction of sp³-hybridized carbons (Fsp3) is 0.840. The normalized spacial score (nSPS) is 14.0. The maximum atomic E-state index is 12.1. The predicted octanol–water partition coefficient (Wildman–Crippen LogP) is 5.44. The zero-order chi connectivity index (χ0) is 23.5. The third-order valence-electron chi connectivity index (χ3n) is 5.44. The summed E-state index contributed by atoms with van der Waals surface area (Å²) in [5, 5.41) is 19.0. The first-order valence-electron chi connectivity index (χ1n) is 12.2. The Labute approximate surface area is 190 Å². The average Bonchev–Trinajstić information content (AvgIpc) is 2.67. The van der Waals surface area contributed by atoms with E-state index in [-0.39, 0.29) is 19.3 Å². The highest BCUT2D eigenvalue weighted by atomic mass is 16.6. The number of hydrogen-bond donors (Lipinski definition) is 2. The van der Waals surface area contributed by atoms with Gasteiger partial charge in [-0.2, -0.15) is 0 Å². The molecule has 0 aliphatic heterocycles. The van der Waals surface area contributed by atoms with Crippen molar-refractivity contribution in [3.05, 3.63) is 12.2 Å². The van der Waals surface area contributed by atoms with Crippen LogP contribution in [-0.2, 0) is 14.3 Å². The van der Waals surface area contributed by atoms with Gasteiger partial charge in [0.25, 0.3) is 0 Å². The van der Waals surface area contributed by atoms with Crippen molar-refractivity contribution in [3.63, 3.8) is 0 Å². The monoisotopic (exact) mass is 442 g/mol. The van der Waals surface area contributed by atoms with Crippen LogP contribution in [0.15, 0.2) is 12.2 Å². The molecule has 0 aliphatic rings. The number of aliphatic hydroxyl groups excluding tert-OH is 1. The van der Waals surface area contributed by atoms with E-state index >= 15 is 0 Å². The van der Waals surface area contributed by atoms with Crippen LogP contribution in [0.4, 0.5) is 0 Å². The van der Waals surface area contributed by atoms with Crippen LogP contribution >= 0.6 is 0 Å². The lowest BCUT2D eigenvalue weighted by Crippen LogP contribution is -2.48. The number of quaternary nitrogens is 1. The number of carbonyl (C=O) groups excluding carboxylic acids is 1. The molecule has 0 saturated heterocycles. The molecule has 0 saturated carbocycles. The number of carboxylic acids is 1. The minimum Gasteiger partial charge on any atom is -0.481 e. The molecule has 0 fully saturated rings. The molecular weight excluding hydrogens is 394 g/mol. The molecule has 0 rings (SSSR count). The number of unbranched alkanes of at least 4 members (excludes halogenated alkanes) is 9. The van der Waals surface area contributed by atoms with Crippen LogP contribution in [0.2, 0.25) is 0 Å². The molecule has 0 spiro atoms. The number of aliphatic hydroxyl groups is 1. The SMILES string of the molecule is CCCCCCCC/C=C\CCCCCC(O)CC(=O)O[C@@H](CCC(=O)O)[N+](C)(C)C. The van der Waals surface area contributed by atoms with Crippen LogP contribution in [0.5, 0.6) is 0 Å². The fourth-order valence-corrected chi connectivity index (χ4v) is 3.44. The predicted molar refractivity (Wildman–Crippen MR) is 126 cm³/mol. The van der Waals surface area contributed by atoms with E-state index in [2.05, 4.69) is 19.1 Å². The van der Waals surface area contributed by atoms with Crippen LogP contribution in [0.25, 0.3) is 0 Å². The van der Waals surface area contributed by atoms with E-state index in [4.69, 9.17) is 9.84 Å². The maximum Gasteiger partial charge on any atom is 0.312 e. The van der Waals surface area contributed by atoms with Crippen molar-refractivity contribution in [2.24, 2.45) is 0 Å². The third kappa shape index (κ3) is 19.0. The van der Waals surface area contributed by atoms with E-state index in [9.17, 15) is 14.7 Å². The van der Waals surface area contributed by atoms with Crippen molar-refractivity contribution in [2.45, 2.75) is 116 Å². The molecule has 0 radical (unpaired) electrons. The molecule has 6 nitrogen and oxygen atoms in total. The molecule has 2 atom stereocenters. The molecule has 31 heavy (non-hydrogen) atoms. The smallest absolute Gasteiger partial charge is 0.312 e. The topological polar surface area (TPSA) is 83.8 Å². The van der Waals surface area contributed by atoms with Crippen molar-refractivity contribution in [1.82, 2.24) is 0 Å². The maximum absolute atomic E-state index is 12.1. The third-order valence-corrected chi connectivity index (χ3v) is 5.44. The average molecular weight is 443 g/mol. The summed E-state index contributed by atoms with van der Waals surface area (Å²) >= 11 is 0. The Morgan fingerprint density at radius 2 is 1.42 bits per heavy atom. The Hall–Kier alpha value is -1.40. The summed E-state index contributed by atoms with van der Waals surface area (Å²) in [7, 11) is 5.58. The van der Waals surface area contributed by atoms with Crippen LogP contribution in [0.1, 0.15) is 103 Å². The Kier molecular flexibility index (Phi) is 17.4. The summed E-state index contributed by atoms with van der Waals surface area (Å²) in [5.41, 5.74) is 0. The molecule has 6 heteroatoms. The van der Waals surface area contributed by atoms with Crippen molar-refractivity contribution in [1.29, 1.82) is 0 Å². The summed E-state index contributed by atoms with van der Waals surface area (Å²) in [6.45, 7) is 2.24. The molecule has 0 aliphatic carbocycles. The van der Waals surface area contributed by atoms with Gasteiger partial charge in [-0.25, -0.2) is 0 Å². The molecule has 2 N–H and O–H groups in total. The van der Waals surface area contributed by atoms with Gasteiger partial charge in [0, 0.05) is 6.42 Å². The molecule has 1 unspecified atom stereocenters. The zero-order valence-electron chi connectivity index (χ0n) is 20.5. The van der Waals surface area contributed by atoms with Gasteiger partial charge in [-0.15, -0.1) is 0 Å². The van der Waals surface area contributed by atoms with Crippen molar-refractivity contribution < 1.29 is 29.0 Å². The molecule has 0 aromatic carbocycles. The van der Waals surface area contributed by atoms with E-state index in [0.717, 1.165) is 25.7 Å². The molecule has 182 valence electrons. The highest BCUT2D eigenvalue weighted by Gasteiger charge is 2.29. The summed E-state index contributed by atoms with van der Waals surface area (Å²) in [6.07, 6.45) is 17.3. The van der Waals surface area contributed by atoms with E-state index in [1.165, 1.54) is 44.9 Å². The minimum absolute atomic E-state index is 0.0400. The largest absolute Gasteiger partial charge is 0.481 e. The van der Waals surface area contributed by atoms with Gasteiger partial charge in [0.1, 0.15) is 0 Å². The van der Waals surface area contributed by atoms with Gasteiger partial charge in [0.2, 0.25) is 6.23 Å².